The summed E-state index contributed by atoms with van der Waals surface area (Å²) in [5, 5.41) is 14.0. The second-order valence-electron chi connectivity index (χ2n) is 8.34. The van der Waals surface area contributed by atoms with Gasteiger partial charge in [-0.25, -0.2) is 5.43 Å². The van der Waals surface area contributed by atoms with Crippen LogP contribution in [0, 0.1) is 0 Å². The van der Waals surface area contributed by atoms with E-state index in [4.69, 9.17) is 9.47 Å². The fraction of sp³-hybridized carbons (Fsp3) is 0.214. The standard InChI is InChI=1S/C28H28N6O2/c1-3-16-34-23-12-8-7-11-22(23)26-27(34)30-28(33-31-26)32-29-19-21-13-14-24(25(18-21)35-2)36-17-15-20-9-5-4-6-10-20/h4-14,18-19H,3,15-17H2,1-2H3,(H,30,32,33)/b29-19+. The minimum Gasteiger partial charge on any atom is -0.493 e. The maximum Gasteiger partial charge on any atom is 0.265 e. The van der Waals surface area contributed by atoms with Crippen LogP contribution in [0.2, 0.25) is 0 Å². The molecule has 0 atom stereocenters. The molecule has 5 aromatic rings. The predicted octanol–water partition coefficient (Wildman–Crippen LogP) is 5.47. The van der Waals surface area contributed by atoms with E-state index in [2.05, 4.69) is 55.4 Å². The molecule has 3 aromatic carbocycles. The number of ether oxygens (including phenoxy) is 2. The maximum absolute atomic E-state index is 5.94. The highest BCUT2D eigenvalue weighted by atomic mass is 16.5. The number of hydrogen-bond acceptors (Lipinski definition) is 7. The summed E-state index contributed by atoms with van der Waals surface area (Å²) in [6, 6.07) is 24.1. The number of benzene rings is 3. The predicted molar refractivity (Wildman–Crippen MR) is 143 cm³/mol. The highest BCUT2D eigenvalue weighted by molar-refractivity contribution is 6.04. The van der Waals surface area contributed by atoms with Crippen LogP contribution in [0.1, 0.15) is 24.5 Å². The van der Waals surface area contributed by atoms with Crippen LogP contribution < -0.4 is 14.9 Å². The zero-order valence-corrected chi connectivity index (χ0v) is 20.4. The van der Waals surface area contributed by atoms with Gasteiger partial charge in [-0.3, -0.25) is 0 Å². The van der Waals surface area contributed by atoms with Gasteiger partial charge in [0, 0.05) is 18.4 Å². The summed E-state index contributed by atoms with van der Waals surface area (Å²) in [7, 11) is 1.63. The fourth-order valence-electron chi connectivity index (χ4n) is 4.17. The van der Waals surface area contributed by atoms with Crippen molar-refractivity contribution in [3.63, 3.8) is 0 Å². The van der Waals surface area contributed by atoms with Gasteiger partial charge in [0.05, 0.1) is 25.4 Å². The molecule has 8 heteroatoms. The van der Waals surface area contributed by atoms with Crippen molar-refractivity contribution < 1.29 is 9.47 Å². The van der Waals surface area contributed by atoms with Gasteiger partial charge < -0.3 is 14.0 Å². The van der Waals surface area contributed by atoms with E-state index < -0.39 is 0 Å². The van der Waals surface area contributed by atoms with Gasteiger partial charge >= 0.3 is 0 Å². The Bertz CT molecular complexity index is 1500. The first-order valence-corrected chi connectivity index (χ1v) is 12.0. The molecule has 0 unspecified atom stereocenters. The van der Waals surface area contributed by atoms with Crippen molar-refractivity contribution in [2.45, 2.75) is 26.3 Å². The van der Waals surface area contributed by atoms with Crippen LogP contribution in [0.3, 0.4) is 0 Å². The summed E-state index contributed by atoms with van der Waals surface area (Å²) in [6.45, 7) is 3.56. The van der Waals surface area contributed by atoms with Crippen LogP contribution in [0.5, 0.6) is 11.5 Å². The summed E-state index contributed by atoms with van der Waals surface area (Å²) >= 11 is 0. The number of nitrogens with one attached hydrogen (secondary N) is 1. The van der Waals surface area contributed by atoms with E-state index in [-0.39, 0.29) is 0 Å². The molecule has 0 aliphatic heterocycles. The first-order chi connectivity index (χ1) is 17.8. The topological polar surface area (TPSA) is 86.5 Å². The average molecular weight is 481 g/mol. The van der Waals surface area contributed by atoms with E-state index >= 15 is 0 Å². The summed E-state index contributed by atoms with van der Waals surface area (Å²) in [5.41, 5.74) is 7.68. The highest BCUT2D eigenvalue weighted by Gasteiger charge is 2.14. The monoisotopic (exact) mass is 480 g/mol. The molecule has 8 nitrogen and oxygen atoms in total. The minimum atomic E-state index is 0.340. The summed E-state index contributed by atoms with van der Waals surface area (Å²) in [4.78, 5) is 4.69. The first-order valence-electron chi connectivity index (χ1n) is 12.0. The van der Waals surface area contributed by atoms with Crippen LogP contribution in [0.25, 0.3) is 22.1 Å². The number of methoxy groups -OCH3 is 1. The normalized spacial score (nSPS) is 11.4. The molecular weight excluding hydrogens is 452 g/mol. The Balaban J connectivity index is 1.28. The Morgan fingerprint density at radius 1 is 0.972 bits per heavy atom. The van der Waals surface area contributed by atoms with Crippen LogP contribution in [0.4, 0.5) is 5.95 Å². The summed E-state index contributed by atoms with van der Waals surface area (Å²) in [5.74, 6) is 1.68. The van der Waals surface area contributed by atoms with Gasteiger partial charge in [0.1, 0.15) is 5.52 Å². The smallest absolute Gasteiger partial charge is 0.265 e. The third kappa shape index (κ3) is 4.98. The number of fused-ring (bicyclic) bond motifs is 3. The molecule has 0 amide bonds. The van der Waals surface area contributed by atoms with Crippen molar-refractivity contribution >= 4 is 34.2 Å². The van der Waals surface area contributed by atoms with E-state index in [1.54, 1.807) is 13.3 Å². The van der Waals surface area contributed by atoms with Crippen LogP contribution in [-0.2, 0) is 13.0 Å². The second-order valence-corrected chi connectivity index (χ2v) is 8.34. The van der Waals surface area contributed by atoms with Gasteiger partial charge in [0.25, 0.3) is 5.95 Å². The SMILES string of the molecule is CCCn1c2ccccc2c2nnc(N/N=C/c3ccc(OCCc4ccccc4)c(OC)c3)nc21. The average Bonchev–Trinajstić information content (AvgIpc) is 3.23. The Morgan fingerprint density at radius 3 is 2.64 bits per heavy atom. The summed E-state index contributed by atoms with van der Waals surface area (Å²) in [6.07, 6.45) is 3.50. The molecule has 2 aromatic heterocycles. The molecule has 0 aliphatic carbocycles. The Labute approximate surface area is 209 Å². The van der Waals surface area contributed by atoms with E-state index in [1.807, 2.05) is 54.6 Å². The number of rotatable bonds is 10. The Kier molecular flexibility index (Phi) is 7.02. The van der Waals surface area contributed by atoms with Gasteiger partial charge in [-0.15, -0.1) is 10.2 Å². The van der Waals surface area contributed by atoms with Crippen molar-refractivity contribution in [1.82, 2.24) is 19.7 Å². The Hall–Kier alpha value is -4.46. The van der Waals surface area contributed by atoms with Crippen LogP contribution in [0.15, 0.2) is 77.9 Å². The van der Waals surface area contributed by atoms with E-state index in [0.717, 1.165) is 47.0 Å². The van der Waals surface area contributed by atoms with Gasteiger partial charge in [0.15, 0.2) is 17.1 Å². The summed E-state index contributed by atoms with van der Waals surface area (Å²) < 4.78 is 13.6. The lowest BCUT2D eigenvalue weighted by atomic mass is 10.2. The molecule has 2 heterocycles. The molecule has 1 N–H and O–H groups in total. The van der Waals surface area contributed by atoms with E-state index in [1.165, 1.54) is 5.56 Å². The van der Waals surface area contributed by atoms with Gasteiger partial charge in [-0.05, 0) is 41.8 Å². The second kappa shape index (κ2) is 10.9. The lowest BCUT2D eigenvalue weighted by molar-refractivity contribution is 0.297. The number of para-hydroxylation sites is 1. The quantitative estimate of drug-likeness (QED) is 0.211. The molecule has 0 aliphatic rings. The van der Waals surface area contributed by atoms with E-state index in [0.29, 0.717) is 24.1 Å². The number of hydrazone groups is 1. The molecule has 182 valence electrons. The molecular formula is C28H28N6O2. The lowest BCUT2D eigenvalue weighted by Gasteiger charge is -2.11. The van der Waals surface area contributed by atoms with Gasteiger partial charge in [-0.1, -0.05) is 55.5 Å². The van der Waals surface area contributed by atoms with Crippen LogP contribution >= 0.6 is 0 Å². The number of anilines is 1. The zero-order chi connectivity index (χ0) is 24.7. The molecule has 0 bridgehead atoms. The van der Waals surface area contributed by atoms with Crippen molar-refractivity contribution in [3.8, 4) is 11.5 Å². The number of aryl methyl sites for hydroxylation is 1. The molecule has 0 saturated heterocycles. The first kappa shape index (κ1) is 23.3. The van der Waals surface area contributed by atoms with Crippen LogP contribution in [-0.4, -0.2) is 39.7 Å². The van der Waals surface area contributed by atoms with Crippen molar-refractivity contribution in [3.05, 3.63) is 83.9 Å². The largest absolute Gasteiger partial charge is 0.493 e. The van der Waals surface area contributed by atoms with Gasteiger partial charge in [-0.2, -0.15) is 10.1 Å². The molecule has 0 spiro atoms. The van der Waals surface area contributed by atoms with Gasteiger partial charge in [0.2, 0.25) is 0 Å². The van der Waals surface area contributed by atoms with Crippen molar-refractivity contribution in [2.24, 2.45) is 5.10 Å². The fourth-order valence-corrected chi connectivity index (χ4v) is 4.17. The zero-order valence-electron chi connectivity index (χ0n) is 20.4. The molecule has 36 heavy (non-hydrogen) atoms. The maximum atomic E-state index is 5.94. The third-order valence-electron chi connectivity index (χ3n) is 5.88. The minimum absolute atomic E-state index is 0.340. The number of aromatic nitrogens is 4. The van der Waals surface area contributed by atoms with Crippen molar-refractivity contribution in [2.75, 3.05) is 19.1 Å². The third-order valence-corrected chi connectivity index (χ3v) is 5.88. The number of hydrogen-bond donors (Lipinski definition) is 1. The lowest BCUT2D eigenvalue weighted by Crippen LogP contribution is -2.03. The molecule has 5 rings (SSSR count). The molecule has 0 fully saturated rings. The van der Waals surface area contributed by atoms with Crippen molar-refractivity contribution in [1.29, 1.82) is 0 Å². The molecule has 0 radical (unpaired) electrons. The Morgan fingerprint density at radius 2 is 1.81 bits per heavy atom. The number of nitrogens with zero attached hydrogens (tertiary/aromatic N) is 5. The molecule has 0 saturated carbocycles. The van der Waals surface area contributed by atoms with E-state index in [9.17, 15) is 0 Å². The highest BCUT2D eigenvalue weighted by Crippen LogP contribution is 2.28.